The third-order valence-electron chi connectivity index (χ3n) is 3.00. The summed E-state index contributed by atoms with van der Waals surface area (Å²) in [7, 11) is -3.24. The van der Waals surface area contributed by atoms with Crippen LogP contribution in [0.4, 0.5) is 5.69 Å². The van der Waals surface area contributed by atoms with Gasteiger partial charge in [0.2, 0.25) is 10.0 Å². The molecule has 6 heteroatoms. The van der Waals surface area contributed by atoms with E-state index in [0.717, 1.165) is 15.7 Å². The van der Waals surface area contributed by atoms with Crippen molar-refractivity contribution in [2.75, 3.05) is 23.1 Å². The second kappa shape index (κ2) is 5.19. The van der Waals surface area contributed by atoms with Crippen LogP contribution in [0.5, 0.6) is 0 Å². The van der Waals surface area contributed by atoms with Crippen LogP contribution in [0, 0.1) is 6.92 Å². The molecule has 1 heterocycles. The number of benzene rings is 1. The molecule has 100 valence electrons. The maximum Gasteiger partial charge on any atom is 0.236 e. The van der Waals surface area contributed by atoms with E-state index in [-0.39, 0.29) is 11.8 Å². The van der Waals surface area contributed by atoms with Crippen LogP contribution >= 0.6 is 15.9 Å². The van der Waals surface area contributed by atoms with Crippen molar-refractivity contribution in [2.45, 2.75) is 19.9 Å². The molecule has 1 N–H and O–H groups in total. The van der Waals surface area contributed by atoms with Gasteiger partial charge in [0.25, 0.3) is 0 Å². The van der Waals surface area contributed by atoms with Gasteiger partial charge < -0.3 is 5.32 Å². The highest BCUT2D eigenvalue weighted by Crippen LogP contribution is 2.30. The van der Waals surface area contributed by atoms with E-state index < -0.39 is 10.0 Å². The molecule has 18 heavy (non-hydrogen) atoms. The normalized spacial score (nSPS) is 23.7. The van der Waals surface area contributed by atoms with Gasteiger partial charge in [0.1, 0.15) is 0 Å². The van der Waals surface area contributed by atoms with Crippen LogP contribution in [0.1, 0.15) is 12.5 Å². The summed E-state index contributed by atoms with van der Waals surface area (Å²) in [4.78, 5) is 0. The predicted octanol–water partition coefficient (Wildman–Crippen LogP) is 1.89. The van der Waals surface area contributed by atoms with Crippen LogP contribution in [-0.4, -0.2) is 33.3 Å². The van der Waals surface area contributed by atoms with Crippen LogP contribution in [0.25, 0.3) is 0 Å². The Hall–Kier alpha value is -0.590. The Bertz CT molecular complexity index is 545. The van der Waals surface area contributed by atoms with Gasteiger partial charge in [-0.2, -0.15) is 0 Å². The van der Waals surface area contributed by atoms with Crippen LogP contribution in [0.15, 0.2) is 22.7 Å². The van der Waals surface area contributed by atoms with Crippen LogP contribution in [0.2, 0.25) is 0 Å². The molecule has 1 unspecified atom stereocenters. The molecule has 0 aliphatic carbocycles. The first-order valence-corrected chi connectivity index (χ1v) is 8.30. The second-order valence-electron chi connectivity index (χ2n) is 4.66. The summed E-state index contributed by atoms with van der Waals surface area (Å²) < 4.78 is 26.8. The lowest BCUT2D eigenvalue weighted by Crippen LogP contribution is -2.37. The molecular weight excluding hydrogens is 316 g/mol. The van der Waals surface area contributed by atoms with Gasteiger partial charge in [-0.1, -0.05) is 6.07 Å². The topological polar surface area (TPSA) is 49.4 Å². The van der Waals surface area contributed by atoms with Crippen molar-refractivity contribution in [1.29, 1.82) is 0 Å². The van der Waals surface area contributed by atoms with E-state index in [9.17, 15) is 8.42 Å². The van der Waals surface area contributed by atoms with E-state index >= 15 is 0 Å². The number of nitrogens with zero attached hydrogens (tertiary/aromatic N) is 1. The molecule has 2 rings (SSSR count). The fraction of sp³-hybridized carbons (Fsp3) is 0.500. The minimum absolute atomic E-state index is 0.137. The minimum atomic E-state index is -3.24. The number of rotatable bonds is 1. The summed E-state index contributed by atoms with van der Waals surface area (Å²) >= 11 is 3.45. The zero-order chi connectivity index (χ0) is 13.3. The molecular formula is C12H17BrN2O2S. The molecule has 1 atom stereocenters. The smallest absolute Gasteiger partial charge is 0.236 e. The molecule has 4 nitrogen and oxygen atoms in total. The highest BCUT2D eigenvalue weighted by Gasteiger charge is 2.28. The molecule has 1 aromatic rings. The first-order chi connectivity index (χ1) is 8.40. The Balaban J connectivity index is 2.45. The summed E-state index contributed by atoms with van der Waals surface area (Å²) in [6.07, 6.45) is 0. The first kappa shape index (κ1) is 13.8. The number of anilines is 1. The third-order valence-corrected chi connectivity index (χ3v) is 5.37. The SMILES string of the molecule is Cc1ccc(N2CC(C)NCCS2(=O)=O)c(Br)c1. The Morgan fingerprint density at radius 3 is 2.83 bits per heavy atom. The monoisotopic (exact) mass is 332 g/mol. The van der Waals surface area contributed by atoms with Gasteiger partial charge in [-0.15, -0.1) is 0 Å². The van der Waals surface area contributed by atoms with Gasteiger partial charge in [0.15, 0.2) is 0 Å². The average molecular weight is 333 g/mol. The number of aryl methyl sites for hydroxylation is 1. The third kappa shape index (κ3) is 2.87. The first-order valence-electron chi connectivity index (χ1n) is 5.90. The average Bonchev–Trinajstić information content (AvgIpc) is 2.38. The summed E-state index contributed by atoms with van der Waals surface area (Å²) in [5.74, 6) is 0.137. The van der Waals surface area contributed by atoms with E-state index in [4.69, 9.17) is 0 Å². The standard InChI is InChI=1S/C12H17BrN2O2S/c1-9-3-4-12(11(13)7-9)15-8-10(2)14-5-6-18(15,16)17/h3-4,7,10,14H,5-6,8H2,1-2H3. The second-order valence-corrected chi connectivity index (χ2v) is 7.52. The lowest BCUT2D eigenvalue weighted by atomic mass is 10.2. The van der Waals surface area contributed by atoms with Crippen molar-refractivity contribution in [3.8, 4) is 0 Å². The Morgan fingerprint density at radius 2 is 2.17 bits per heavy atom. The summed E-state index contributed by atoms with van der Waals surface area (Å²) in [5.41, 5.74) is 1.82. The van der Waals surface area contributed by atoms with E-state index in [1.165, 1.54) is 4.31 Å². The van der Waals surface area contributed by atoms with Crippen LogP contribution in [0.3, 0.4) is 0 Å². The zero-order valence-corrected chi connectivity index (χ0v) is 12.9. The molecule has 1 aromatic carbocycles. The molecule has 1 aliphatic rings. The van der Waals surface area contributed by atoms with Crippen molar-refractivity contribution < 1.29 is 8.42 Å². The lowest BCUT2D eigenvalue weighted by molar-refractivity contribution is 0.587. The van der Waals surface area contributed by atoms with Crippen molar-refractivity contribution in [1.82, 2.24) is 5.32 Å². The highest BCUT2D eigenvalue weighted by molar-refractivity contribution is 9.10. The number of hydrogen-bond acceptors (Lipinski definition) is 3. The molecule has 0 amide bonds. The van der Waals surface area contributed by atoms with E-state index in [2.05, 4.69) is 21.2 Å². The van der Waals surface area contributed by atoms with Crippen LogP contribution < -0.4 is 9.62 Å². The number of hydrogen-bond donors (Lipinski definition) is 1. The molecule has 0 aromatic heterocycles. The number of nitrogens with one attached hydrogen (secondary N) is 1. The van der Waals surface area contributed by atoms with E-state index in [0.29, 0.717) is 13.1 Å². The molecule has 1 aliphatic heterocycles. The van der Waals surface area contributed by atoms with Gasteiger partial charge in [0.05, 0.1) is 11.4 Å². The highest BCUT2D eigenvalue weighted by atomic mass is 79.9. The maximum atomic E-state index is 12.3. The summed E-state index contributed by atoms with van der Waals surface area (Å²) in [6, 6.07) is 5.87. The maximum absolute atomic E-state index is 12.3. The Labute approximate surface area is 117 Å². The van der Waals surface area contributed by atoms with Crippen molar-refractivity contribution in [3.63, 3.8) is 0 Å². The van der Waals surface area contributed by atoms with Gasteiger partial charge in [-0.3, -0.25) is 4.31 Å². The lowest BCUT2D eigenvalue weighted by Gasteiger charge is -2.25. The van der Waals surface area contributed by atoms with Crippen LogP contribution in [-0.2, 0) is 10.0 Å². The summed E-state index contributed by atoms with van der Waals surface area (Å²) in [5, 5.41) is 3.19. The molecule has 1 fully saturated rings. The van der Waals surface area contributed by atoms with Crippen molar-refractivity contribution in [2.24, 2.45) is 0 Å². The predicted molar refractivity (Wildman–Crippen MR) is 77.5 cm³/mol. The van der Waals surface area contributed by atoms with Gasteiger partial charge in [0, 0.05) is 23.6 Å². The van der Waals surface area contributed by atoms with Crippen molar-refractivity contribution >= 4 is 31.6 Å². The van der Waals surface area contributed by atoms with E-state index in [1.54, 1.807) is 0 Å². The molecule has 0 bridgehead atoms. The minimum Gasteiger partial charge on any atom is -0.311 e. The Kier molecular flexibility index (Phi) is 3.99. The van der Waals surface area contributed by atoms with E-state index in [1.807, 2.05) is 32.0 Å². The van der Waals surface area contributed by atoms with Gasteiger partial charge in [-0.05, 0) is 47.5 Å². The summed E-state index contributed by atoms with van der Waals surface area (Å²) in [6.45, 7) is 4.94. The quantitative estimate of drug-likeness (QED) is 0.854. The largest absolute Gasteiger partial charge is 0.311 e. The zero-order valence-electron chi connectivity index (χ0n) is 10.5. The fourth-order valence-electron chi connectivity index (χ4n) is 2.03. The number of sulfonamides is 1. The van der Waals surface area contributed by atoms with Crippen molar-refractivity contribution in [3.05, 3.63) is 28.2 Å². The van der Waals surface area contributed by atoms with Gasteiger partial charge >= 0.3 is 0 Å². The Morgan fingerprint density at radius 1 is 1.44 bits per heavy atom. The number of halogens is 1. The molecule has 1 saturated heterocycles. The molecule has 0 saturated carbocycles. The fourth-order valence-corrected chi connectivity index (χ4v) is 4.36. The molecule has 0 radical (unpaired) electrons. The van der Waals surface area contributed by atoms with Gasteiger partial charge in [-0.25, -0.2) is 8.42 Å². The molecule has 0 spiro atoms.